The number of carbonyl (C=O) groups excluding carboxylic acids is 1. The molecule has 0 amide bonds. The molecular weight excluding hydrogens is 222 g/mol. The first-order valence-corrected chi connectivity index (χ1v) is 5.41. The Morgan fingerprint density at radius 1 is 1.35 bits per heavy atom. The van der Waals surface area contributed by atoms with E-state index >= 15 is 0 Å². The molecule has 1 aromatic rings. The number of piperazine rings is 1. The van der Waals surface area contributed by atoms with Crippen molar-refractivity contribution in [2.75, 3.05) is 31.1 Å². The predicted octanol–water partition coefficient (Wildman–Crippen LogP) is 0.817. The second-order valence-corrected chi connectivity index (χ2v) is 3.86. The molecule has 2 rings (SSSR count). The lowest BCUT2D eigenvalue weighted by atomic mass is 10.1. The fourth-order valence-electron chi connectivity index (χ4n) is 1.94. The number of nitrogens with one attached hydrogen (secondary N) is 1. The molecule has 6 nitrogen and oxygen atoms in total. The van der Waals surface area contributed by atoms with Crippen LogP contribution in [0.25, 0.3) is 0 Å². The van der Waals surface area contributed by atoms with Crippen molar-refractivity contribution in [1.82, 2.24) is 5.32 Å². The number of rotatable bonds is 3. The van der Waals surface area contributed by atoms with Gasteiger partial charge in [0, 0.05) is 49.6 Å². The molecule has 6 heteroatoms. The molecule has 1 aromatic carbocycles. The quantitative estimate of drug-likeness (QED) is 0.477. The molecule has 90 valence electrons. The summed E-state index contributed by atoms with van der Waals surface area (Å²) in [7, 11) is 0. The van der Waals surface area contributed by atoms with Gasteiger partial charge in [0.05, 0.1) is 4.92 Å². The third-order valence-corrected chi connectivity index (χ3v) is 2.81. The van der Waals surface area contributed by atoms with Gasteiger partial charge < -0.3 is 10.2 Å². The van der Waals surface area contributed by atoms with Gasteiger partial charge in [0.1, 0.15) is 0 Å². The minimum absolute atomic E-state index is 0.0500. The normalized spacial score (nSPS) is 15.6. The second-order valence-electron chi connectivity index (χ2n) is 3.86. The first-order chi connectivity index (χ1) is 8.22. The minimum atomic E-state index is -0.492. The van der Waals surface area contributed by atoms with Crippen LogP contribution in [0.4, 0.5) is 11.4 Å². The van der Waals surface area contributed by atoms with Crippen molar-refractivity contribution in [3.63, 3.8) is 0 Å². The van der Waals surface area contributed by atoms with Gasteiger partial charge in [-0.15, -0.1) is 0 Å². The summed E-state index contributed by atoms with van der Waals surface area (Å²) in [5, 5.41) is 13.8. The van der Waals surface area contributed by atoms with Gasteiger partial charge in [0.2, 0.25) is 0 Å². The van der Waals surface area contributed by atoms with Crippen molar-refractivity contribution in [3.8, 4) is 0 Å². The van der Waals surface area contributed by atoms with Crippen LogP contribution in [0.1, 0.15) is 10.4 Å². The SMILES string of the molecule is O=Cc1cc([N+](=O)[O-])ccc1N1CCNCC1. The molecule has 17 heavy (non-hydrogen) atoms. The maximum atomic E-state index is 11.0. The van der Waals surface area contributed by atoms with Crippen LogP contribution in [0.2, 0.25) is 0 Å². The van der Waals surface area contributed by atoms with Crippen LogP contribution in [0.3, 0.4) is 0 Å². The van der Waals surface area contributed by atoms with E-state index in [1.54, 1.807) is 6.07 Å². The van der Waals surface area contributed by atoms with Gasteiger partial charge in [0.15, 0.2) is 6.29 Å². The van der Waals surface area contributed by atoms with Crippen molar-refractivity contribution in [3.05, 3.63) is 33.9 Å². The Morgan fingerprint density at radius 2 is 2.06 bits per heavy atom. The van der Waals surface area contributed by atoms with Crippen molar-refractivity contribution < 1.29 is 9.72 Å². The lowest BCUT2D eigenvalue weighted by Crippen LogP contribution is -2.43. The highest BCUT2D eigenvalue weighted by molar-refractivity contribution is 5.86. The largest absolute Gasteiger partial charge is 0.368 e. The van der Waals surface area contributed by atoms with E-state index in [1.165, 1.54) is 12.1 Å². The Morgan fingerprint density at radius 3 is 2.65 bits per heavy atom. The van der Waals surface area contributed by atoms with Gasteiger partial charge in [-0.3, -0.25) is 14.9 Å². The zero-order valence-corrected chi connectivity index (χ0v) is 9.26. The first kappa shape index (κ1) is 11.5. The van der Waals surface area contributed by atoms with Crippen LogP contribution in [0.5, 0.6) is 0 Å². The summed E-state index contributed by atoms with van der Waals surface area (Å²) in [6, 6.07) is 4.40. The molecule has 1 aliphatic heterocycles. The molecule has 0 aliphatic carbocycles. The van der Waals surface area contributed by atoms with Crippen molar-refractivity contribution >= 4 is 17.7 Å². The Labute approximate surface area is 98.4 Å². The molecule has 0 spiro atoms. The van der Waals surface area contributed by atoms with Gasteiger partial charge in [-0.25, -0.2) is 0 Å². The lowest BCUT2D eigenvalue weighted by Gasteiger charge is -2.30. The average molecular weight is 235 g/mol. The third-order valence-electron chi connectivity index (χ3n) is 2.81. The number of hydrogen-bond donors (Lipinski definition) is 1. The van der Waals surface area contributed by atoms with Crippen molar-refractivity contribution in [2.45, 2.75) is 0 Å². The van der Waals surface area contributed by atoms with E-state index in [2.05, 4.69) is 10.2 Å². The summed E-state index contributed by atoms with van der Waals surface area (Å²) in [6.45, 7) is 3.32. The predicted molar refractivity (Wildman–Crippen MR) is 63.6 cm³/mol. The number of nitro benzene ring substituents is 1. The molecule has 0 atom stereocenters. The topological polar surface area (TPSA) is 75.5 Å². The minimum Gasteiger partial charge on any atom is -0.368 e. The summed E-state index contributed by atoms with van der Waals surface area (Å²) in [4.78, 5) is 23.2. The molecule has 0 unspecified atom stereocenters. The van der Waals surface area contributed by atoms with Gasteiger partial charge in [-0.2, -0.15) is 0 Å². The van der Waals surface area contributed by atoms with Crippen LogP contribution < -0.4 is 10.2 Å². The molecule has 1 N–H and O–H groups in total. The van der Waals surface area contributed by atoms with E-state index in [4.69, 9.17) is 0 Å². The number of nitro groups is 1. The average Bonchev–Trinajstić information content (AvgIpc) is 2.39. The van der Waals surface area contributed by atoms with Gasteiger partial charge >= 0.3 is 0 Å². The maximum Gasteiger partial charge on any atom is 0.270 e. The zero-order valence-electron chi connectivity index (χ0n) is 9.26. The van der Waals surface area contributed by atoms with Gasteiger partial charge in [0.25, 0.3) is 5.69 Å². The van der Waals surface area contributed by atoms with Gasteiger partial charge in [-0.1, -0.05) is 0 Å². The first-order valence-electron chi connectivity index (χ1n) is 5.41. The Kier molecular flexibility index (Phi) is 3.34. The molecule has 0 bridgehead atoms. The number of hydrogen-bond acceptors (Lipinski definition) is 5. The highest BCUT2D eigenvalue weighted by Gasteiger charge is 2.16. The van der Waals surface area contributed by atoms with E-state index in [9.17, 15) is 14.9 Å². The van der Waals surface area contributed by atoms with Crippen molar-refractivity contribution in [1.29, 1.82) is 0 Å². The lowest BCUT2D eigenvalue weighted by molar-refractivity contribution is -0.384. The summed E-state index contributed by atoms with van der Waals surface area (Å²) < 4.78 is 0. The molecule has 1 fully saturated rings. The van der Waals surface area contributed by atoms with E-state index in [0.717, 1.165) is 31.9 Å². The van der Waals surface area contributed by atoms with Crippen LogP contribution in [0, 0.1) is 10.1 Å². The summed E-state index contributed by atoms with van der Waals surface area (Å²) in [6.07, 6.45) is 0.671. The Bertz CT molecular complexity index is 442. The Balaban J connectivity index is 2.33. The van der Waals surface area contributed by atoms with E-state index < -0.39 is 4.92 Å². The van der Waals surface area contributed by atoms with E-state index in [1.807, 2.05) is 0 Å². The molecule has 1 aliphatic rings. The number of aldehydes is 1. The van der Waals surface area contributed by atoms with E-state index in [0.29, 0.717) is 11.8 Å². The fourth-order valence-corrected chi connectivity index (χ4v) is 1.94. The van der Waals surface area contributed by atoms with Crippen LogP contribution in [0.15, 0.2) is 18.2 Å². The van der Waals surface area contributed by atoms with Crippen LogP contribution in [-0.2, 0) is 0 Å². The number of anilines is 1. The highest BCUT2D eigenvalue weighted by atomic mass is 16.6. The number of carbonyl (C=O) groups is 1. The number of non-ortho nitro benzene ring substituents is 1. The van der Waals surface area contributed by atoms with E-state index in [-0.39, 0.29) is 5.69 Å². The summed E-state index contributed by atoms with van der Waals surface area (Å²) in [5.74, 6) is 0. The fraction of sp³-hybridized carbons (Fsp3) is 0.364. The number of benzene rings is 1. The summed E-state index contributed by atoms with van der Waals surface area (Å²) in [5.41, 5.74) is 1.10. The number of nitrogens with zero attached hydrogens (tertiary/aromatic N) is 2. The molecular formula is C11H13N3O3. The molecule has 0 saturated carbocycles. The van der Waals surface area contributed by atoms with Crippen molar-refractivity contribution in [2.24, 2.45) is 0 Å². The Hall–Kier alpha value is -1.95. The molecule has 0 radical (unpaired) electrons. The summed E-state index contributed by atoms with van der Waals surface area (Å²) >= 11 is 0. The van der Waals surface area contributed by atoms with Crippen LogP contribution >= 0.6 is 0 Å². The maximum absolute atomic E-state index is 11.0. The highest BCUT2D eigenvalue weighted by Crippen LogP contribution is 2.24. The monoisotopic (exact) mass is 235 g/mol. The van der Waals surface area contributed by atoms with Crippen LogP contribution in [-0.4, -0.2) is 37.4 Å². The zero-order chi connectivity index (χ0) is 12.3. The molecule has 1 saturated heterocycles. The molecule has 1 heterocycles. The second kappa shape index (κ2) is 4.92. The molecule has 0 aromatic heterocycles. The standard InChI is InChI=1S/C11H13N3O3/c15-8-9-7-10(14(16)17)1-2-11(9)13-5-3-12-4-6-13/h1-2,7-8,12H,3-6H2. The smallest absolute Gasteiger partial charge is 0.270 e. The van der Waals surface area contributed by atoms with Gasteiger partial charge in [-0.05, 0) is 6.07 Å². The third kappa shape index (κ3) is 2.42.